The lowest BCUT2D eigenvalue weighted by Gasteiger charge is -2.17. The highest BCUT2D eigenvalue weighted by Gasteiger charge is 2.18. The molecule has 1 heteroatoms. The van der Waals surface area contributed by atoms with Crippen LogP contribution in [0.5, 0.6) is 0 Å². The van der Waals surface area contributed by atoms with Crippen LogP contribution in [0.2, 0.25) is 0 Å². The van der Waals surface area contributed by atoms with Crippen molar-refractivity contribution in [1.29, 1.82) is 0 Å². The Labute approximate surface area is 86.1 Å². The molecule has 0 aliphatic heterocycles. The maximum Gasteiger partial charge on any atom is 0.133 e. The van der Waals surface area contributed by atoms with Crippen LogP contribution < -0.4 is 0 Å². The van der Waals surface area contributed by atoms with Crippen molar-refractivity contribution < 1.29 is 4.79 Å². The van der Waals surface area contributed by atoms with E-state index in [2.05, 4.69) is 26.0 Å². The zero-order chi connectivity index (χ0) is 10.6. The third kappa shape index (κ3) is 2.99. The summed E-state index contributed by atoms with van der Waals surface area (Å²) in [5.74, 6) is 0.883. The van der Waals surface area contributed by atoms with Gasteiger partial charge in [0.05, 0.1) is 0 Å². The van der Waals surface area contributed by atoms with Gasteiger partial charge in [-0.2, -0.15) is 0 Å². The Morgan fingerprint density at radius 3 is 2.21 bits per heavy atom. The SMILES string of the molecule is CC(=O)C(Cc1ccccc1)C(C)C. The average Bonchev–Trinajstić information content (AvgIpc) is 2.15. The van der Waals surface area contributed by atoms with Gasteiger partial charge in [-0.3, -0.25) is 4.79 Å². The average molecular weight is 190 g/mol. The second-order valence-corrected chi connectivity index (χ2v) is 4.15. The van der Waals surface area contributed by atoms with E-state index in [9.17, 15) is 4.79 Å². The third-order valence-corrected chi connectivity index (χ3v) is 2.63. The number of carbonyl (C=O) groups is 1. The first-order valence-electron chi connectivity index (χ1n) is 5.15. The van der Waals surface area contributed by atoms with E-state index in [1.54, 1.807) is 6.92 Å². The minimum absolute atomic E-state index is 0.164. The summed E-state index contributed by atoms with van der Waals surface area (Å²) in [6, 6.07) is 10.2. The van der Waals surface area contributed by atoms with Gasteiger partial charge in [-0.25, -0.2) is 0 Å². The van der Waals surface area contributed by atoms with Gasteiger partial charge in [-0.1, -0.05) is 44.2 Å². The Hall–Kier alpha value is -1.11. The Balaban J connectivity index is 2.70. The summed E-state index contributed by atoms with van der Waals surface area (Å²) in [6.45, 7) is 5.90. The molecule has 0 aliphatic carbocycles. The van der Waals surface area contributed by atoms with Gasteiger partial charge in [-0.15, -0.1) is 0 Å². The van der Waals surface area contributed by atoms with Crippen LogP contribution in [-0.4, -0.2) is 5.78 Å². The lowest BCUT2D eigenvalue weighted by Crippen LogP contribution is -2.20. The summed E-state index contributed by atoms with van der Waals surface area (Å²) in [4.78, 5) is 11.4. The maximum absolute atomic E-state index is 11.4. The fraction of sp³-hybridized carbons (Fsp3) is 0.462. The molecule has 0 amide bonds. The summed E-state index contributed by atoms with van der Waals surface area (Å²) in [7, 11) is 0. The van der Waals surface area contributed by atoms with Gasteiger partial charge in [-0.05, 0) is 24.8 Å². The Kier molecular flexibility index (Phi) is 3.87. The van der Waals surface area contributed by atoms with Crippen molar-refractivity contribution in [2.24, 2.45) is 11.8 Å². The first-order chi connectivity index (χ1) is 6.61. The fourth-order valence-corrected chi connectivity index (χ4v) is 1.72. The summed E-state index contributed by atoms with van der Waals surface area (Å²) in [5.41, 5.74) is 1.25. The van der Waals surface area contributed by atoms with E-state index in [4.69, 9.17) is 0 Å². The molecule has 0 radical (unpaired) electrons. The van der Waals surface area contributed by atoms with E-state index >= 15 is 0 Å². The maximum atomic E-state index is 11.4. The molecule has 14 heavy (non-hydrogen) atoms. The molecule has 0 N–H and O–H groups in total. The number of rotatable bonds is 4. The Bertz CT molecular complexity index is 287. The summed E-state index contributed by atoms with van der Waals surface area (Å²) in [6.07, 6.45) is 0.869. The van der Waals surface area contributed by atoms with Gasteiger partial charge in [0.2, 0.25) is 0 Å². The first kappa shape index (κ1) is 11.0. The van der Waals surface area contributed by atoms with Crippen molar-refractivity contribution in [3.8, 4) is 0 Å². The van der Waals surface area contributed by atoms with Gasteiger partial charge in [0.25, 0.3) is 0 Å². The number of hydrogen-bond donors (Lipinski definition) is 0. The van der Waals surface area contributed by atoms with Gasteiger partial charge in [0, 0.05) is 5.92 Å². The van der Waals surface area contributed by atoms with Gasteiger partial charge < -0.3 is 0 Å². The van der Waals surface area contributed by atoms with E-state index in [1.807, 2.05) is 18.2 Å². The number of ketones is 1. The van der Waals surface area contributed by atoms with Crippen LogP contribution in [0.1, 0.15) is 26.3 Å². The lowest BCUT2D eigenvalue weighted by molar-refractivity contribution is -0.121. The molecule has 0 aliphatic rings. The lowest BCUT2D eigenvalue weighted by atomic mass is 9.86. The van der Waals surface area contributed by atoms with E-state index in [0.717, 1.165) is 6.42 Å². The summed E-state index contributed by atoms with van der Waals surface area (Å²) < 4.78 is 0. The third-order valence-electron chi connectivity index (χ3n) is 2.63. The quantitative estimate of drug-likeness (QED) is 0.713. The summed E-state index contributed by atoms with van der Waals surface area (Å²) in [5, 5.41) is 0. The molecular weight excluding hydrogens is 172 g/mol. The molecule has 1 unspecified atom stereocenters. The van der Waals surface area contributed by atoms with Crippen molar-refractivity contribution in [1.82, 2.24) is 0 Å². The molecule has 1 rings (SSSR count). The number of hydrogen-bond acceptors (Lipinski definition) is 1. The topological polar surface area (TPSA) is 17.1 Å². The van der Waals surface area contributed by atoms with Crippen molar-refractivity contribution in [2.45, 2.75) is 27.2 Å². The minimum Gasteiger partial charge on any atom is -0.300 e. The zero-order valence-corrected chi connectivity index (χ0v) is 9.16. The fourth-order valence-electron chi connectivity index (χ4n) is 1.72. The minimum atomic E-state index is 0.164. The smallest absolute Gasteiger partial charge is 0.133 e. The molecule has 1 aromatic rings. The highest BCUT2D eigenvalue weighted by atomic mass is 16.1. The molecule has 76 valence electrons. The number of benzene rings is 1. The first-order valence-corrected chi connectivity index (χ1v) is 5.15. The van der Waals surface area contributed by atoms with Gasteiger partial charge >= 0.3 is 0 Å². The molecule has 1 atom stereocenters. The molecule has 0 spiro atoms. The Morgan fingerprint density at radius 2 is 1.79 bits per heavy atom. The normalized spacial score (nSPS) is 12.9. The van der Waals surface area contributed by atoms with E-state index in [1.165, 1.54) is 5.56 Å². The molecule has 0 bridgehead atoms. The molecule has 0 fully saturated rings. The highest BCUT2D eigenvalue weighted by molar-refractivity contribution is 5.78. The largest absolute Gasteiger partial charge is 0.300 e. The second kappa shape index (κ2) is 4.94. The van der Waals surface area contributed by atoms with Gasteiger partial charge in [0.15, 0.2) is 0 Å². The van der Waals surface area contributed by atoms with Crippen LogP contribution in [0.15, 0.2) is 30.3 Å². The molecule has 0 saturated carbocycles. The predicted molar refractivity (Wildman–Crippen MR) is 59.2 cm³/mol. The molecule has 1 nitrogen and oxygen atoms in total. The zero-order valence-electron chi connectivity index (χ0n) is 9.16. The van der Waals surface area contributed by atoms with Crippen LogP contribution in [-0.2, 0) is 11.2 Å². The molecule has 0 saturated heterocycles. The molecular formula is C13H18O. The van der Waals surface area contributed by atoms with Crippen LogP contribution in [0, 0.1) is 11.8 Å². The van der Waals surface area contributed by atoms with Crippen molar-refractivity contribution in [2.75, 3.05) is 0 Å². The highest BCUT2D eigenvalue weighted by Crippen LogP contribution is 2.17. The van der Waals surface area contributed by atoms with Crippen molar-refractivity contribution in [3.05, 3.63) is 35.9 Å². The molecule has 0 aromatic heterocycles. The van der Waals surface area contributed by atoms with E-state index < -0.39 is 0 Å². The number of carbonyl (C=O) groups excluding carboxylic acids is 1. The molecule has 0 heterocycles. The van der Waals surface area contributed by atoms with Crippen molar-refractivity contribution >= 4 is 5.78 Å². The second-order valence-electron chi connectivity index (χ2n) is 4.15. The Morgan fingerprint density at radius 1 is 1.21 bits per heavy atom. The van der Waals surface area contributed by atoms with Crippen molar-refractivity contribution in [3.63, 3.8) is 0 Å². The van der Waals surface area contributed by atoms with Crippen LogP contribution in [0.4, 0.5) is 0 Å². The monoisotopic (exact) mass is 190 g/mol. The van der Waals surface area contributed by atoms with Gasteiger partial charge in [0.1, 0.15) is 5.78 Å². The summed E-state index contributed by atoms with van der Waals surface area (Å²) >= 11 is 0. The van der Waals surface area contributed by atoms with Crippen LogP contribution >= 0.6 is 0 Å². The van der Waals surface area contributed by atoms with E-state index in [-0.39, 0.29) is 5.92 Å². The standard InChI is InChI=1S/C13H18O/c1-10(2)13(11(3)14)9-12-7-5-4-6-8-12/h4-8,10,13H,9H2,1-3H3. The predicted octanol–water partition coefficient (Wildman–Crippen LogP) is 3.09. The van der Waals surface area contributed by atoms with E-state index in [0.29, 0.717) is 11.7 Å². The van der Waals surface area contributed by atoms with Crippen LogP contribution in [0.25, 0.3) is 0 Å². The molecule has 1 aromatic carbocycles. The van der Waals surface area contributed by atoms with Crippen LogP contribution in [0.3, 0.4) is 0 Å². The number of Topliss-reactive ketones (excluding diaryl/α,β-unsaturated/α-hetero) is 1.